The molecular weight excluding hydrogens is 266 g/mol. The number of rotatable bonds is 6. The molecule has 0 atom stereocenters. The molecule has 0 aliphatic rings. The van der Waals surface area contributed by atoms with E-state index in [1.165, 1.54) is 0 Å². The van der Waals surface area contributed by atoms with E-state index in [1.807, 2.05) is 36.4 Å². The molecule has 2 rings (SSSR count). The van der Waals surface area contributed by atoms with Crippen LogP contribution in [0.5, 0.6) is 11.5 Å². The monoisotopic (exact) mass is 285 g/mol. The SMILES string of the molecule is CNc1ccccc1C(=O)Cc1cc(OC)cc(OC)c1. The Morgan fingerprint density at radius 2 is 1.67 bits per heavy atom. The highest BCUT2D eigenvalue weighted by Gasteiger charge is 2.12. The van der Waals surface area contributed by atoms with Crippen LogP contribution in [0.25, 0.3) is 0 Å². The second-order valence-electron chi connectivity index (χ2n) is 4.62. The Labute approximate surface area is 124 Å². The van der Waals surface area contributed by atoms with Gasteiger partial charge in [-0.3, -0.25) is 4.79 Å². The maximum Gasteiger partial charge on any atom is 0.169 e. The van der Waals surface area contributed by atoms with E-state index in [-0.39, 0.29) is 5.78 Å². The van der Waals surface area contributed by atoms with Crippen molar-refractivity contribution in [1.29, 1.82) is 0 Å². The summed E-state index contributed by atoms with van der Waals surface area (Å²) in [6, 6.07) is 13.0. The van der Waals surface area contributed by atoms with Crippen molar-refractivity contribution in [3.8, 4) is 11.5 Å². The zero-order chi connectivity index (χ0) is 15.2. The standard InChI is InChI=1S/C17H19NO3/c1-18-16-7-5-4-6-15(16)17(19)10-12-8-13(20-2)11-14(9-12)21-3/h4-9,11,18H,10H2,1-3H3. The number of hydrogen-bond donors (Lipinski definition) is 1. The number of ether oxygens (including phenoxy) is 2. The molecular formula is C17H19NO3. The molecule has 2 aromatic carbocycles. The van der Waals surface area contributed by atoms with Crippen LogP contribution in [-0.4, -0.2) is 27.1 Å². The quantitative estimate of drug-likeness (QED) is 0.828. The van der Waals surface area contributed by atoms with Crippen LogP contribution in [0.4, 0.5) is 5.69 Å². The molecule has 1 N–H and O–H groups in total. The summed E-state index contributed by atoms with van der Waals surface area (Å²) < 4.78 is 10.5. The van der Waals surface area contributed by atoms with Crippen LogP contribution in [0.3, 0.4) is 0 Å². The first kappa shape index (κ1) is 14.9. The third-order valence-electron chi connectivity index (χ3n) is 3.27. The van der Waals surface area contributed by atoms with Crippen LogP contribution in [0, 0.1) is 0 Å². The first-order valence-electron chi connectivity index (χ1n) is 6.70. The highest BCUT2D eigenvalue weighted by atomic mass is 16.5. The molecule has 110 valence electrons. The molecule has 0 amide bonds. The summed E-state index contributed by atoms with van der Waals surface area (Å²) in [5, 5.41) is 3.04. The lowest BCUT2D eigenvalue weighted by Gasteiger charge is -2.10. The van der Waals surface area contributed by atoms with Gasteiger partial charge in [0.15, 0.2) is 5.78 Å². The zero-order valence-electron chi connectivity index (χ0n) is 12.5. The Morgan fingerprint density at radius 3 is 2.24 bits per heavy atom. The van der Waals surface area contributed by atoms with Gasteiger partial charge in [-0.15, -0.1) is 0 Å². The summed E-state index contributed by atoms with van der Waals surface area (Å²) in [6.45, 7) is 0. The molecule has 4 nitrogen and oxygen atoms in total. The first-order chi connectivity index (χ1) is 10.2. The molecule has 0 saturated heterocycles. The van der Waals surface area contributed by atoms with Gasteiger partial charge in [0.25, 0.3) is 0 Å². The molecule has 21 heavy (non-hydrogen) atoms. The molecule has 0 aromatic heterocycles. The van der Waals surface area contributed by atoms with Gasteiger partial charge >= 0.3 is 0 Å². The summed E-state index contributed by atoms with van der Waals surface area (Å²) in [5.74, 6) is 1.41. The van der Waals surface area contributed by atoms with Gasteiger partial charge in [-0.25, -0.2) is 0 Å². The van der Waals surface area contributed by atoms with Gasteiger partial charge in [0, 0.05) is 30.8 Å². The zero-order valence-corrected chi connectivity index (χ0v) is 12.5. The summed E-state index contributed by atoms with van der Waals surface area (Å²) in [6.07, 6.45) is 0.298. The average Bonchev–Trinajstić information content (AvgIpc) is 2.54. The highest BCUT2D eigenvalue weighted by molar-refractivity contribution is 6.02. The van der Waals surface area contributed by atoms with Crippen molar-refractivity contribution in [3.63, 3.8) is 0 Å². The summed E-state index contributed by atoms with van der Waals surface area (Å²) >= 11 is 0. The van der Waals surface area contributed by atoms with Gasteiger partial charge in [-0.2, -0.15) is 0 Å². The Morgan fingerprint density at radius 1 is 1.05 bits per heavy atom. The highest BCUT2D eigenvalue weighted by Crippen LogP contribution is 2.24. The lowest BCUT2D eigenvalue weighted by atomic mass is 10.0. The number of carbonyl (C=O) groups is 1. The van der Waals surface area contributed by atoms with E-state index < -0.39 is 0 Å². The minimum Gasteiger partial charge on any atom is -0.497 e. The minimum absolute atomic E-state index is 0.0512. The molecule has 0 radical (unpaired) electrons. The van der Waals surface area contributed by atoms with Crippen LogP contribution in [-0.2, 0) is 6.42 Å². The number of hydrogen-bond acceptors (Lipinski definition) is 4. The average molecular weight is 285 g/mol. The molecule has 0 aliphatic heterocycles. The molecule has 2 aromatic rings. The van der Waals surface area contributed by atoms with Gasteiger partial charge in [-0.1, -0.05) is 12.1 Å². The van der Waals surface area contributed by atoms with E-state index in [0.717, 1.165) is 11.3 Å². The molecule has 4 heteroatoms. The molecule has 0 unspecified atom stereocenters. The largest absolute Gasteiger partial charge is 0.497 e. The first-order valence-corrected chi connectivity index (χ1v) is 6.70. The Balaban J connectivity index is 2.27. The number of benzene rings is 2. The second-order valence-corrected chi connectivity index (χ2v) is 4.62. The number of Topliss-reactive ketones (excluding diaryl/α,β-unsaturated/α-hetero) is 1. The van der Waals surface area contributed by atoms with Crippen molar-refractivity contribution < 1.29 is 14.3 Å². The summed E-state index contributed by atoms with van der Waals surface area (Å²) in [7, 11) is 4.99. The molecule has 0 saturated carbocycles. The van der Waals surface area contributed by atoms with Gasteiger partial charge < -0.3 is 14.8 Å². The van der Waals surface area contributed by atoms with Crippen molar-refractivity contribution in [2.24, 2.45) is 0 Å². The van der Waals surface area contributed by atoms with Gasteiger partial charge in [0.1, 0.15) is 11.5 Å². The van der Waals surface area contributed by atoms with Crippen LogP contribution >= 0.6 is 0 Å². The molecule has 0 spiro atoms. The predicted molar refractivity (Wildman–Crippen MR) is 83.6 cm³/mol. The topological polar surface area (TPSA) is 47.6 Å². The fourth-order valence-electron chi connectivity index (χ4n) is 2.19. The Bertz CT molecular complexity index is 615. The lowest BCUT2D eigenvalue weighted by molar-refractivity contribution is 0.0993. The fraction of sp³-hybridized carbons (Fsp3) is 0.235. The molecule has 0 bridgehead atoms. The number of para-hydroxylation sites is 1. The van der Waals surface area contributed by atoms with E-state index in [2.05, 4.69) is 5.32 Å². The molecule has 0 heterocycles. The maximum atomic E-state index is 12.5. The van der Waals surface area contributed by atoms with Crippen molar-refractivity contribution in [1.82, 2.24) is 0 Å². The fourth-order valence-corrected chi connectivity index (χ4v) is 2.19. The molecule has 0 fully saturated rings. The number of anilines is 1. The van der Waals surface area contributed by atoms with Crippen molar-refractivity contribution in [3.05, 3.63) is 53.6 Å². The van der Waals surface area contributed by atoms with Crippen LogP contribution in [0.2, 0.25) is 0 Å². The van der Waals surface area contributed by atoms with E-state index in [1.54, 1.807) is 27.3 Å². The van der Waals surface area contributed by atoms with E-state index >= 15 is 0 Å². The van der Waals surface area contributed by atoms with E-state index in [9.17, 15) is 4.79 Å². The van der Waals surface area contributed by atoms with Gasteiger partial charge in [0.2, 0.25) is 0 Å². The van der Waals surface area contributed by atoms with Crippen molar-refractivity contribution in [2.45, 2.75) is 6.42 Å². The normalized spacial score (nSPS) is 10.0. The van der Waals surface area contributed by atoms with Crippen LogP contribution < -0.4 is 14.8 Å². The van der Waals surface area contributed by atoms with Crippen molar-refractivity contribution >= 4 is 11.5 Å². The number of methoxy groups -OCH3 is 2. The second kappa shape index (κ2) is 6.79. The summed E-state index contributed by atoms with van der Waals surface area (Å²) in [4.78, 5) is 12.5. The Kier molecular flexibility index (Phi) is 4.82. The van der Waals surface area contributed by atoms with Gasteiger partial charge in [-0.05, 0) is 29.8 Å². The number of nitrogens with one attached hydrogen (secondary N) is 1. The third-order valence-corrected chi connectivity index (χ3v) is 3.27. The van der Waals surface area contributed by atoms with Crippen LogP contribution in [0.1, 0.15) is 15.9 Å². The smallest absolute Gasteiger partial charge is 0.169 e. The number of ketones is 1. The third kappa shape index (κ3) is 3.54. The summed E-state index contributed by atoms with van der Waals surface area (Å²) in [5.41, 5.74) is 2.38. The predicted octanol–water partition coefficient (Wildman–Crippen LogP) is 3.17. The molecule has 0 aliphatic carbocycles. The van der Waals surface area contributed by atoms with Crippen LogP contribution in [0.15, 0.2) is 42.5 Å². The maximum absolute atomic E-state index is 12.5. The Hall–Kier alpha value is -2.49. The van der Waals surface area contributed by atoms with E-state index in [4.69, 9.17) is 9.47 Å². The van der Waals surface area contributed by atoms with Crippen molar-refractivity contribution in [2.75, 3.05) is 26.6 Å². The van der Waals surface area contributed by atoms with E-state index in [0.29, 0.717) is 23.5 Å². The van der Waals surface area contributed by atoms with Gasteiger partial charge in [0.05, 0.1) is 14.2 Å². The number of carbonyl (C=O) groups excluding carboxylic acids is 1. The minimum atomic E-state index is 0.0512. The lowest BCUT2D eigenvalue weighted by Crippen LogP contribution is -2.07.